The Balaban J connectivity index is 1.53. The monoisotopic (exact) mass is 323 g/mol. The molecule has 0 N–H and O–H groups in total. The zero-order chi connectivity index (χ0) is 15.4. The predicted molar refractivity (Wildman–Crippen MR) is 72.8 cm³/mol. The molecule has 1 aromatic rings. The molecule has 0 aromatic heterocycles. The number of ether oxygens (including phenoxy) is 1. The molecule has 2 bridgehead atoms. The third-order valence-electron chi connectivity index (χ3n) is 4.27. The van der Waals surface area contributed by atoms with E-state index in [1.807, 2.05) is 0 Å². The number of rotatable bonds is 3. The molecule has 2 saturated heterocycles. The van der Waals surface area contributed by atoms with Gasteiger partial charge >= 0.3 is 0 Å². The summed E-state index contributed by atoms with van der Waals surface area (Å²) in [4.78, 5) is 29.9. The van der Waals surface area contributed by atoms with Gasteiger partial charge in [-0.1, -0.05) is 29.8 Å². The molecule has 1 aromatic carbocycles. The summed E-state index contributed by atoms with van der Waals surface area (Å²) < 4.78 is 19.2. The molecule has 3 aliphatic heterocycles. The molecule has 4 atom stereocenters. The van der Waals surface area contributed by atoms with Gasteiger partial charge in [0.1, 0.15) is 12.4 Å². The van der Waals surface area contributed by atoms with Gasteiger partial charge in [0.25, 0.3) is 11.8 Å². The van der Waals surface area contributed by atoms with Gasteiger partial charge in [0, 0.05) is 10.6 Å². The number of amides is 2. The first-order chi connectivity index (χ1) is 10.6. The first-order valence-electron chi connectivity index (χ1n) is 6.85. The number of halogens is 2. The highest BCUT2D eigenvalue weighted by Crippen LogP contribution is 2.45. The molecule has 5 nitrogen and oxygen atoms in total. The molecule has 22 heavy (non-hydrogen) atoms. The van der Waals surface area contributed by atoms with Crippen molar-refractivity contribution in [2.24, 2.45) is 11.8 Å². The fourth-order valence-corrected chi connectivity index (χ4v) is 3.42. The second kappa shape index (κ2) is 4.87. The third kappa shape index (κ3) is 1.84. The van der Waals surface area contributed by atoms with E-state index < -0.39 is 29.5 Å². The van der Waals surface area contributed by atoms with E-state index in [0.717, 1.165) is 5.06 Å². The van der Waals surface area contributed by atoms with Crippen LogP contribution in [0.1, 0.15) is 5.56 Å². The van der Waals surface area contributed by atoms with Crippen molar-refractivity contribution in [2.75, 3.05) is 0 Å². The molecule has 3 aliphatic rings. The molecule has 0 aliphatic carbocycles. The third-order valence-corrected chi connectivity index (χ3v) is 4.62. The number of carbonyl (C=O) groups excluding carboxylic acids is 2. The summed E-state index contributed by atoms with van der Waals surface area (Å²) in [6.45, 7) is -0.286. The van der Waals surface area contributed by atoms with Gasteiger partial charge in [-0.15, -0.1) is 0 Å². The van der Waals surface area contributed by atoms with Crippen molar-refractivity contribution in [3.63, 3.8) is 0 Å². The van der Waals surface area contributed by atoms with Gasteiger partial charge in [-0.2, -0.15) is 5.06 Å². The lowest BCUT2D eigenvalue weighted by Gasteiger charge is -2.17. The number of hydroxylamine groups is 2. The fourth-order valence-electron chi connectivity index (χ4n) is 3.20. The van der Waals surface area contributed by atoms with Gasteiger partial charge in [-0.3, -0.25) is 14.4 Å². The van der Waals surface area contributed by atoms with E-state index in [-0.39, 0.29) is 29.4 Å². The molecule has 2 fully saturated rings. The first kappa shape index (κ1) is 13.9. The lowest BCUT2D eigenvalue weighted by Crippen LogP contribution is -2.34. The molecule has 0 radical (unpaired) electrons. The maximum absolute atomic E-state index is 13.7. The zero-order valence-corrected chi connectivity index (χ0v) is 12.0. The van der Waals surface area contributed by atoms with Crippen LogP contribution in [0.25, 0.3) is 0 Å². The Bertz CT molecular complexity index is 657. The van der Waals surface area contributed by atoms with Crippen LogP contribution in [-0.2, 0) is 25.8 Å². The van der Waals surface area contributed by atoms with E-state index in [1.54, 1.807) is 12.2 Å². The van der Waals surface area contributed by atoms with E-state index in [1.165, 1.54) is 18.2 Å². The molecule has 7 heteroatoms. The quantitative estimate of drug-likeness (QED) is 0.629. The molecule has 3 heterocycles. The van der Waals surface area contributed by atoms with E-state index in [0.29, 0.717) is 0 Å². The number of hydrogen-bond acceptors (Lipinski definition) is 4. The van der Waals surface area contributed by atoms with E-state index in [4.69, 9.17) is 21.2 Å². The minimum absolute atomic E-state index is 0.110. The Morgan fingerprint density at radius 3 is 2.41 bits per heavy atom. The van der Waals surface area contributed by atoms with E-state index in [2.05, 4.69) is 0 Å². The van der Waals surface area contributed by atoms with Crippen LogP contribution in [0, 0.1) is 17.7 Å². The number of carbonyl (C=O) groups is 2. The van der Waals surface area contributed by atoms with Crippen LogP contribution in [0.2, 0.25) is 5.02 Å². The van der Waals surface area contributed by atoms with Crippen molar-refractivity contribution >= 4 is 23.4 Å². The minimum Gasteiger partial charge on any atom is -0.365 e. The van der Waals surface area contributed by atoms with Crippen LogP contribution in [0.4, 0.5) is 4.39 Å². The van der Waals surface area contributed by atoms with Crippen LogP contribution < -0.4 is 0 Å². The summed E-state index contributed by atoms with van der Waals surface area (Å²) in [7, 11) is 0. The second-order valence-electron chi connectivity index (χ2n) is 5.45. The van der Waals surface area contributed by atoms with Gasteiger partial charge < -0.3 is 4.74 Å². The van der Waals surface area contributed by atoms with Crippen molar-refractivity contribution in [1.29, 1.82) is 0 Å². The topological polar surface area (TPSA) is 55.8 Å². The van der Waals surface area contributed by atoms with E-state index in [9.17, 15) is 14.0 Å². The molecule has 4 rings (SSSR count). The summed E-state index contributed by atoms with van der Waals surface area (Å²) in [5.41, 5.74) is 0.110. The summed E-state index contributed by atoms with van der Waals surface area (Å²) in [5, 5.41) is 0.914. The van der Waals surface area contributed by atoms with E-state index >= 15 is 0 Å². The Morgan fingerprint density at radius 1 is 1.18 bits per heavy atom. The average molecular weight is 324 g/mol. The smallest absolute Gasteiger partial charge is 0.260 e. The number of imide groups is 1. The van der Waals surface area contributed by atoms with Crippen LogP contribution in [-0.4, -0.2) is 29.1 Å². The highest BCUT2D eigenvalue weighted by Gasteiger charge is 2.61. The highest BCUT2D eigenvalue weighted by molar-refractivity contribution is 6.31. The first-order valence-corrected chi connectivity index (χ1v) is 7.23. The molecule has 0 spiro atoms. The van der Waals surface area contributed by atoms with Crippen LogP contribution in [0.15, 0.2) is 30.4 Å². The van der Waals surface area contributed by atoms with Crippen molar-refractivity contribution in [3.8, 4) is 0 Å². The predicted octanol–water partition coefficient (Wildman–Crippen LogP) is 1.85. The zero-order valence-electron chi connectivity index (χ0n) is 11.2. The van der Waals surface area contributed by atoms with Gasteiger partial charge in [0.2, 0.25) is 0 Å². The number of nitrogens with zero attached hydrogens (tertiary/aromatic N) is 1. The van der Waals surface area contributed by atoms with Gasteiger partial charge in [-0.05, 0) is 12.1 Å². The molecular formula is C15H11ClFNO4. The van der Waals surface area contributed by atoms with Crippen molar-refractivity contribution < 1.29 is 23.6 Å². The molecule has 2 amide bonds. The summed E-state index contributed by atoms with van der Waals surface area (Å²) in [5.74, 6) is -2.52. The number of benzene rings is 1. The molecular weight excluding hydrogens is 313 g/mol. The standard InChI is InChI=1S/C15H11ClFNO4/c16-8-2-1-3-9(17)7(8)6-21-18-14(19)12-10-4-5-11(22-10)13(12)15(18)20/h1-5,10-13H,6H2/t10-,11-,12-,13+/m0/s1. The maximum Gasteiger partial charge on any atom is 0.260 e. The van der Waals surface area contributed by atoms with Crippen molar-refractivity contribution in [1.82, 2.24) is 5.06 Å². The van der Waals surface area contributed by atoms with Crippen molar-refractivity contribution in [3.05, 3.63) is 46.8 Å². The SMILES string of the molecule is O=C1[C@@H]2[C@H](C(=O)N1OCc1c(F)cccc1Cl)[C@@H]1C=C[C@@H]2O1. The number of fused-ring (bicyclic) bond motifs is 5. The lowest BCUT2D eigenvalue weighted by molar-refractivity contribution is -0.195. The van der Waals surface area contributed by atoms with Crippen LogP contribution >= 0.6 is 11.6 Å². The second-order valence-corrected chi connectivity index (χ2v) is 5.85. The largest absolute Gasteiger partial charge is 0.365 e. The summed E-state index contributed by atoms with van der Waals surface area (Å²) in [6, 6.07) is 4.23. The number of hydrogen-bond donors (Lipinski definition) is 0. The Kier molecular flexibility index (Phi) is 3.07. The lowest BCUT2D eigenvalue weighted by atomic mass is 9.85. The Morgan fingerprint density at radius 2 is 1.82 bits per heavy atom. The molecule has 114 valence electrons. The summed E-state index contributed by atoms with van der Waals surface area (Å²) in [6.07, 6.45) is 2.82. The van der Waals surface area contributed by atoms with Crippen LogP contribution in [0.5, 0.6) is 0 Å². The highest BCUT2D eigenvalue weighted by atomic mass is 35.5. The minimum atomic E-state index is -0.545. The summed E-state index contributed by atoms with van der Waals surface area (Å²) >= 11 is 5.90. The normalized spacial score (nSPS) is 32.2. The average Bonchev–Trinajstić information content (AvgIpc) is 3.15. The van der Waals surface area contributed by atoms with Crippen molar-refractivity contribution in [2.45, 2.75) is 18.8 Å². The molecule has 0 saturated carbocycles. The maximum atomic E-state index is 13.7. The van der Waals surface area contributed by atoms with Gasteiger partial charge in [0.05, 0.1) is 24.0 Å². The van der Waals surface area contributed by atoms with Gasteiger partial charge in [-0.25, -0.2) is 4.39 Å². The van der Waals surface area contributed by atoms with Crippen LogP contribution in [0.3, 0.4) is 0 Å². The molecule has 0 unspecified atom stereocenters. The Hall–Kier alpha value is -1.76. The van der Waals surface area contributed by atoms with Gasteiger partial charge in [0.15, 0.2) is 0 Å². The Labute approximate surface area is 130 Å². The fraction of sp³-hybridized carbons (Fsp3) is 0.333.